The Labute approximate surface area is 145 Å². The van der Waals surface area contributed by atoms with Gasteiger partial charge in [0.15, 0.2) is 0 Å². The normalized spacial score (nSPS) is 21.0. The zero-order valence-corrected chi connectivity index (χ0v) is 15.0. The standard InChI is InChI=1S/C20H30N2O2/c1-16(2)21-10-3-11-22(13-12-21)20(23)19-6-4-17(5-7-19)18-8-14-24-15-9-18/h4-7,16,18H,3,8-15H2,1-2H3. The van der Waals surface area contributed by atoms with Crippen molar-refractivity contribution in [1.29, 1.82) is 0 Å². The van der Waals surface area contributed by atoms with Gasteiger partial charge in [0.1, 0.15) is 0 Å². The third kappa shape index (κ3) is 4.17. The Kier molecular flexibility index (Phi) is 5.90. The monoisotopic (exact) mass is 330 g/mol. The summed E-state index contributed by atoms with van der Waals surface area (Å²) in [5.41, 5.74) is 2.17. The Morgan fingerprint density at radius 1 is 1.04 bits per heavy atom. The molecule has 0 saturated carbocycles. The summed E-state index contributed by atoms with van der Waals surface area (Å²) < 4.78 is 5.43. The molecule has 2 aliphatic heterocycles. The van der Waals surface area contributed by atoms with Crippen LogP contribution in [0.25, 0.3) is 0 Å². The van der Waals surface area contributed by atoms with E-state index in [4.69, 9.17) is 4.74 Å². The molecule has 1 aromatic rings. The van der Waals surface area contributed by atoms with Crippen molar-refractivity contribution in [1.82, 2.24) is 9.80 Å². The van der Waals surface area contributed by atoms with Crippen molar-refractivity contribution in [2.75, 3.05) is 39.4 Å². The largest absolute Gasteiger partial charge is 0.381 e. The van der Waals surface area contributed by atoms with E-state index < -0.39 is 0 Å². The molecular weight excluding hydrogens is 300 g/mol. The second kappa shape index (κ2) is 8.13. The van der Waals surface area contributed by atoms with Crippen LogP contribution in [0.2, 0.25) is 0 Å². The van der Waals surface area contributed by atoms with Crippen molar-refractivity contribution >= 4 is 5.91 Å². The van der Waals surface area contributed by atoms with E-state index in [-0.39, 0.29) is 5.91 Å². The van der Waals surface area contributed by atoms with Crippen LogP contribution >= 0.6 is 0 Å². The summed E-state index contributed by atoms with van der Waals surface area (Å²) in [5, 5.41) is 0. The van der Waals surface area contributed by atoms with Gasteiger partial charge in [-0.15, -0.1) is 0 Å². The van der Waals surface area contributed by atoms with E-state index in [9.17, 15) is 4.79 Å². The highest BCUT2D eigenvalue weighted by molar-refractivity contribution is 5.94. The van der Waals surface area contributed by atoms with Crippen molar-refractivity contribution in [2.24, 2.45) is 0 Å². The molecule has 2 heterocycles. The van der Waals surface area contributed by atoms with Gasteiger partial charge in [0.05, 0.1) is 0 Å². The molecule has 0 aliphatic carbocycles. The van der Waals surface area contributed by atoms with Crippen LogP contribution in [-0.2, 0) is 4.74 Å². The van der Waals surface area contributed by atoms with Crippen LogP contribution in [0.4, 0.5) is 0 Å². The van der Waals surface area contributed by atoms with Crippen molar-refractivity contribution in [3.63, 3.8) is 0 Å². The zero-order valence-electron chi connectivity index (χ0n) is 15.0. The highest BCUT2D eigenvalue weighted by Crippen LogP contribution is 2.27. The fourth-order valence-electron chi connectivity index (χ4n) is 3.77. The minimum atomic E-state index is 0.180. The molecule has 4 heteroatoms. The first-order valence-corrected chi connectivity index (χ1v) is 9.36. The first-order valence-electron chi connectivity index (χ1n) is 9.36. The number of amides is 1. The van der Waals surface area contributed by atoms with Gasteiger partial charge in [-0.25, -0.2) is 0 Å². The lowest BCUT2D eigenvalue weighted by molar-refractivity contribution is 0.0758. The lowest BCUT2D eigenvalue weighted by Gasteiger charge is -2.25. The van der Waals surface area contributed by atoms with Crippen LogP contribution in [0.5, 0.6) is 0 Å². The van der Waals surface area contributed by atoms with Crippen LogP contribution in [0.3, 0.4) is 0 Å². The molecule has 0 N–H and O–H groups in total. The zero-order chi connectivity index (χ0) is 16.9. The van der Waals surface area contributed by atoms with Gasteiger partial charge in [-0.05, 0) is 56.7 Å². The quantitative estimate of drug-likeness (QED) is 0.853. The van der Waals surface area contributed by atoms with Gasteiger partial charge >= 0.3 is 0 Å². The highest BCUT2D eigenvalue weighted by atomic mass is 16.5. The van der Waals surface area contributed by atoms with E-state index in [1.807, 2.05) is 17.0 Å². The number of carbonyl (C=O) groups excluding carboxylic acids is 1. The van der Waals surface area contributed by atoms with E-state index >= 15 is 0 Å². The number of rotatable bonds is 3. The molecule has 0 aromatic heterocycles. The summed E-state index contributed by atoms with van der Waals surface area (Å²) in [6, 6.07) is 8.86. The Balaban J connectivity index is 1.62. The third-order valence-electron chi connectivity index (χ3n) is 5.40. The van der Waals surface area contributed by atoms with E-state index in [1.54, 1.807) is 0 Å². The number of ether oxygens (including phenoxy) is 1. The first-order chi connectivity index (χ1) is 11.6. The topological polar surface area (TPSA) is 32.8 Å². The second-order valence-corrected chi connectivity index (χ2v) is 7.28. The van der Waals surface area contributed by atoms with Crippen molar-refractivity contribution in [2.45, 2.75) is 45.1 Å². The Morgan fingerprint density at radius 3 is 2.42 bits per heavy atom. The van der Waals surface area contributed by atoms with Gasteiger partial charge in [-0.3, -0.25) is 9.69 Å². The molecule has 4 nitrogen and oxygen atoms in total. The summed E-state index contributed by atoms with van der Waals surface area (Å²) >= 11 is 0. The maximum atomic E-state index is 12.8. The SMILES string of the molecule is CC(C)N1CCCN(C(=O)c2ccc(C3CCOCC3)cc2)CC1. The minimum absolute atomic E-state index is 0.180. The van der Waals surface area contributed by atoms with E-state index in [2.05, 4.69) is 30.9 Å². The van der Waals surface area contributed by atoms with E-state index in [1.165, 1.54) is 5.56 Å². The summed E-state index contributed by atoms with van der Waals surface area (Å²) in [6.45, 7) is 9.92. The van der Waals surface area contributed by atoms with Gasteiger partial charge in [-0.2, -0.15) is 0 Å². The lowest BCUT2D eigenvalue weighted by atomic mass is 9.91. The fourth-order valence-corrected chi connectivity index (χ4v) is 3.77. The third-order valence-corrected chi connectivity index (χ3v) is 5.40. The molecule has 1 amide bonds. The van der Waals surface area contributed by atoms with Crippen LogP contribution < -0.4 is 0 Å². The predicted molar refractivity (Wildman–Crippen MR) is 96.5 cm³/mol. The summed E-state index contributed by atoms with van der Waals surface area (Å²) in [7, 11) is 0. The lowest BCUT2D eigenvalue weighted by Crippen LogP contribution is -2.37. The molecule has 2 fully saturated rings. The van der Waals surface area contributed by atoms with Gasteiger partial charge < -0.3 is 9.64 Å². The van der Waals surface area contributed by atoms with Crippen LogP contribution in [0.15, 0.2) is 24.3 Å². The van der Waals surface area contributed by atoms with Gasteiger partial charge in [0, 0.05) is 51.0 Å². The number of hydrogen-bond donors (Lipinski definition) is 0. The highest BCUT2D eigenvalue weighted by Gasteiger charge is 2.22. The molecule has 0 bridgehead atoms. The number of hydrogen-bond acceptors (Lipinski definition) is 3. The molecule has 3 rings (SSSR count). The summed E-state index contributed by atoms with van der Waals surface area (Å²) in [4.78, 5) is 17.3. The second-order valence-electron chi connectivity index (χ2n) is 7.28. The van der Waals surface area contributed by atoms with Crippen LogP contribution in [0.1, 0.15) is 54.9 Å². The van der Waals surface area contributed by atoms with Gasteiger partial charge in [0.25, 0.3) is 5.91 Å². The summed E-state index contributed by atoms with van der Waals surface area (Å²) in [5.74, 6) is 0.764. The molecule has 0 atom stereocenters. The van der Waals surface area contributed by atoms with Crippen LogP contribution in [0, 0.1) is 0 Å². The van der Waals surface area contributed by atoms with Gasteiger partial charge in [-0.1, -0.05) is 12.1 Å². The first kappa shape index (κ1) is 17.4. The smallest absolute Gasteiger partial charge is 0.253 e. The minimum Gasteiger partial charge on any atom is -0.381 e. The Hall–Kier alpha value is -1.39. The fraction of sp³-hybridized carbons (Fsp3) is 0.650. The Bertz CT molecular complexity index is 535. The molecule has 2 aliphatic rings. The molecule has 1 aromatic carbocycles. The predicted octanol–water partition coefficient (Wildman–Crippen LogP) is 3.14. The van der Waals surface area contributed by atoms with E-state index in [0.717, 1.165) is 64.2 Å². The molecule has 0 radical (unpaired) electrons. The van der Waals surface area contributed by atoms with E-state index in [0.29, 0.717) is 12.0 Å². The number of carbonyl (C=O) groups is 1. The van der Waals surface area contributed by atoms with Crippen molar-refractivity contribution in [3.05, 3.63) is 35.4 Å². The molecule has 132 valence electrons. The average molecular weight is 330 g/mol. The molecule has 0 spiro atoms. The Morgan fingerprint density at radius 2 is 1.75 bits per heavy atom. The maximum Gasteiger partial charge on any atom is 0.253 e. The average Bonchev–Trinajstić information content (AvgIpc) is 2.88. The van der Waals surface area contributed by atoms with Gasteiger partial charge in [0.2, 0.25) is 0 Å². The molecule has 2 saturated heterocycles. The van der Waals surface area contributed by atoms with Crippen molar-refractivity contribution in [3.8, 4) is 0 Å². The molecule has 0 unspecified atom stereocenters. The molecule has 24 heavy (non-hydrogen) atoms. The number of benzene rings is 1. The summed E-state index contributed by atoms with van der Waals surface area (Å²) in [6.07, 6.45) is 3.24. The number of nitrogens with zero attached hydrogens (tertiary/aromatic N) is 2. The molecular formula is C20H30N2O2. The van der Waals surface area contributed by atoms with Crippen LogP contribution in [-0.4, -0.2) is 61.1 Å². The maximum absolute atomic E-state index is 12.8. The van der Waals surface area contributed by atoms with Crippen molar-refractivity contribution < 1.29 is 9.53 Å².